The highest BCUT2D eigenvalue weighted by molar-refractivity contribution is 5.60. The van der Waals surface area contributed by atoms with Crippen molar-refractivity contribution >= 4 is 0 Å². The van der Waals surface area contributed by atoms with Crippen LogP contribution in [-0.4, -0.2) is 9.97 Å². The van der Waals surface area contributed by atoms with Gasteiger partial charge < -0.3 is 4.74 Å². The smallest absolute Gasteiger partial charge is 0.0861 e. The number of pyridine rings is 2. The summed E-state index contributed by atoms with van der Waals surface area (Å²) in [6.45, 7) is 9.22. The summed E-state index contributed by atoms with van der Waals surface area (Å²) >= 11 is 0. The van der Waals surface area contributed by atoms with Gasteiger partial charge in [0.15, 0.2) is 0 Å². The van der Waals surface area contributed by atoms with Gasteiger partial charge in [0.05, 0.1) is 23.6 Å². The van der Waals surface area contributed by atoms with Gasteiger partial charge in [0.2, 0.25) is 0 Å². The third-order valence-electron chi connectivity index (χ3n) is 13.2. The molecule has 0 radical (unpaired) electrons. The summed E-state index contributed by atoms with van der Waals surface area (Å²) in [4.78, 5) is 9.80. The molecule has 0 saturated heterocycles. The maximum atomic E-state index is 7.68. The SMILES string of the molecule is CCCCCc1ccc(-c2ccc(C(OC(c3ccc(-c4ccc(CCCCC)cn4)cc3)C3CCC(CCC)CC3)C3CCC(CCC)CC3)cc2)nc1. The topological polar surface area (TPSA) is 35.0 Å². The van der Waals surface area contributed by atoms with Crippen molar-refractivity contribution < 1.29 is 4.74 Å². The minimum absolute atomic E-state index is 0.0884. The van der Waals surface area contributed by atoms with E-state index in [9.17, 15) is 0 Å². The second-order valence-corrected chi connectivity index (χ2v) is 17.4. The van der Waals surface area contributed by atoms with Crippen LogP contribution in [0.4, 0.5) is 0 Å². The second kappa shape index (κ2) is 21.9. The number of hydrogen-bond donors (Lipinski definition) is 0. The zero-order valence-electron chi connectivity index (χ0n) is 35.0. The van der Waals surface area contributed by atoms with E-state index >= 15 is 0 Å². The van der Waals surface area contributed by atoms with Crippen molar-refractivity contribution in [2.75, 3.05) is 0 Å². The van der Waals surface area contributed by atoms with E-state index in [2.05, 4.69) is 113 Å². The molecule has 2 aromatic carbocycles. The second-order valence-electron chi connectivity index (χ2n) is 17.4. The van der Waals surface area contributed by atoms with E-state index in [1.807, 2.05) is 0 Å². The molecule has 55 heavy (non-hydrogen) atoms. The first kappa shape index (κ1) is 41.3. The van der Waals surface area contributed by atoms with Gasteiger partial charge in [0, 0.05) is 23.5 Å². The molecule has 2 fully saturated rings. The van der Waals surface area contributed by atoms with Gasteiger partial charge in [-0.05, 0) is 109 Å². The highest BCUT2D eigenvalue weighted by Crippen LogP contribution is 2.47. The van der Waals surface area contributed by atoms with Crippen molar-refractivity contribution in [1.29, 1.82) is 0 Å². The summed E-state index contributed by atoms with van der Waals surface area (Å²) in [5.41, 5.74) is 9.87. The van der Waals surface area contributed by atoms with Crippen molar-refractivity contribution in [3.05, 3.63) is 107 Å². The molecule has 2 aromatic heterocycles. The molecular formula is C52H72N2O. The van der Waals surface area contributed by atoms with E-state index < -0.39 is 0 Å². The molecule has 0 spiro atoms. The van der Waals surface area contributed by atoms with Crippen LogP contribution in [0.15, 0.2) is 85.2 Å². The van der Waals surface area contributed by atoms with Gasteiger partial charge in [-0.3, -0.25) is 9.97 Å². The first-order valence-corrected chi connectivity index (χ1v) is 22.8. The molecule has 2 unspecified atom stereocenters. The molecule has 2 saturated carbocycles. The van der Waals surface area contributed by atoms with Crippen molar-refractivity contribution in [3.8, 4) is 22.5 Å². The lowest BCUT2D eigenvalue weighted by molar-refractivity contribution is -0.0907. The van der Waals surface area contributed by atoms with Gasteiger partial charge in [-0.15, -0.1) is 0 Å². The highest BCUT2D eigenvalue weighted by atomic mass is 16.5. The zero-order valence-corrected chi connectivity index (χ0v) is 35.0. The fourth-order valence-electron chi connectivity index (χ4n) is 9.79. The Balaban J connectivity index is 1.25. The molecule has 0 aliphatic heterocycles. The predicted molar refractivity (Wildman–Crippen MR) is 233 cm³/mol. The molecule has 296 valence electrons. The van der Waals surface area contributed by atoms with E-state index in [0.717, 1.165) is 36.1 Å². The number of unbranched alkanes of at least 4 members (excludes halogenated alkanes) is 4. The third kappa shape index (κ3) is 11.9. The summed E-state index contributed by atoms with van der Waals surface area (Å²) in [6.07, 6.45) is 29.8. The Morgan fingerprint density at radius 2 is 0.873 bits per heavy atom. The normalized spacial score (nSPS) is 21.3. The van der Waals surface area contributed by atoms with Gasteiger partial charge in [-0.1, -0.05) is 165 Å². The van der Waals surface area contributed by atoms with Gasteiger partial charge in [0.1, 0.15) is 0 Å². The molecular weight excluding hydrogens is 669 g/mol. The molecule has 2 aliphatic rings. The Kier molecular flexibility index (Phi) is 16.4. The molecule has 3 heteroatoms. The maximum absolute atomic E-state index is 7.68. The number of rotatable bonds is 20. The van der Waals surface area contributed by atoms with Crippen LogP contribution in [0.2, 0.25) is 0 Å². The summed E-state index contributed by atoms with van der Waals surface area (Å²) in [5, 5.41) is 0. The molecule has 6 rings (SSSR count). The summed E-state index contributed by atoms with van der Waals surface area (Å²) in [5.74, 6) is 2.82. The highest BCUT2D eigenvalue weighted by Gasteiger charge is 2.35. The first-order chi connectivity index (χ1) is 27.1. The van der Waals surface area contributed by atoms with Gasteiger partial charge in [-0.2, -0.15) is 0 Å². The Labute approximate surface area is 335 Å². The zero-order chi connectivity index (χ0) is 38.2. The lowest BCUT2D eigenvalue weighted by Gasteiger charge is -2.40. The summed E-state index contributed by atoms with van der Waals surface area (Å²) in [7, 11) is 0. The first-order valence-electron chi connectivity index (χ1n) is 22.8. The molecule has 2 aliphatic carbocycles. The van der Waals surface area contributed by atoms with E-state index in [4.69, 9.17) is 14.7 Å². The molecule has 0 amide bonds. The summed E-state index contributed by atoms with van der Waals surface area (Å²) < 4.78 is 7.68. The van der Waals surface area contributed by atoms with Gasteiger partial charge in [-0.25, -0.2) is 0 Å². The largest absolute Gasteiger partial charge is 0.365 e. The number of ether oxygens (including phenoxy) is 1. The van der Waals surface area contributed by atoms with Gasteiger partial charge in [0.25, 0.3) is 0 Å². The maximum Gasteiger partial charge on any atom is 0.0861 e. The monoisotopic (exact) mass is 741 g/mol. The lowest BCUT2D eigenvalue weighted by atomic mass is 9.75. The van der Waals surface area contributed by atoms with Crippen LogP contribution < -0.4 is 0 Å². The standard InChI is InChI=1S/C52H72N2O/c1-5-9-11-15-41-21-35-49(53-37-41)43-27-31-47(32-28-43)51(45-23-17-39(13-7-3)18-24-45)55-52(46-25-19-40(14-8-4)20-26-46)48-33-29-44(30-34-48)50-36-22-42(38-54-50)16-12-10-6-2/h21-22,27-40,45-46,51-52H,5-20,23-26H2,1-4H3. The molecule has 3 nitrogen and oxygen atoms in total. The van der Waals surface area contributed by atoms with Crippen molar-refractivity contribution in [2.45, 2.75) is 168 Å². The number of nitrogens with zero attached hydrogens (tertiary/aromatic N) is 2. The predicted octanol–water partition coefficient (Wildman–Crippen LogP) is 15.3. The van der Waals surface area contributed by atoms with E-state index in [1.54, 1.807) is 0 Å². The third-order valence-corrected chi connectivity index (χ3v) is 13.2. The minimum Gasteiger partial charge on any atom is -0.365 e. The average Bonchev–Trinajstić information content (AvgIpc) is 3.23. The van der Waals surface area contributed by atoms with Crippen LogP contribution >= 0.6 is 0 Å². The fraction of sp³-hybridized carbons (Fsp3) is 0.577. The van der Waals surface area contributed by atoms with E-state index in [-0.39, 0.29) is 12.2 Å². The van der Waals surface area contributed by atoms with Crippen molar-refractivity contribution in [1.82, 2.24) is 9.97 Å². The fourth-order valence-corrected chi connectivity index (χ4v) is 9.79. The van der Waals surface area contributed by atoms with Crippen molar-refractivity contribution in [3.63, 3.8) is 0 Å². The number of aromatic nitrogens is 2. The number of benzene rings is 2. The van der Waals surface area contributed by atoms with Crippen LogP contribution in [-0.2, 0) is 17.6 Å². The molecule has 2 atom stereocenters. The van der Waals surface area contributed by atoms with Crippen molar-refractivity contribution in [2.24, 2.45) is 23.7 Å². The summed E-state index contributed by atoms with van der Waals surface area (Å²) in [6, 6.07) is 27.6. The van der Waals surface area contributed by atoms with E-state index in [1.165, 1.54) is 149 Å². The molecule has 0 bridgehead atoms. The van der Waals surface area contributed by atoms with Crippen LogP contribution in [0.5, 0.6) is 0 Å². The Morgan fingerprint density at radius 1 is 0.473 bits per heavy atom. The Bertz CT molecular complexity index is 1500. The van der Waals surface area contributed by atoms with Gasteiger partial charge >= 0.3 is 0 Å². The minimum atomic E-state index is 0.0884. The Morgan fingerprint density at radius 3 is 1.20 bits per heavy atom. The van der Waals surface area contributed by atoms with Crippen LogP contribution in [0, 0.1) is 23.7 Å². The van der Waals surface area contributed by atoms with Crippen LogP contribution in [0.1, 0.15) is 178 Å². The molecule has 2 heterocycles. The number of aryl methyl sites for hydroxylation is 2. The van der Waals surface area contributed by atoms with Crippen LogP contribution in [0.25, 0.3) is 22.5 Å². The molecule has 0 N–H and O–H groups in total. The quantitative estimate of drug-likeness (QED) is 0.0846. The lowest BCUT2D eigenvalue weighted by Crippen LogP contribution is -2.28. The number of hydrogen-bond acceptors (Lipinski definition) is 3. The van der Waals surface area contributed by atoms with E-state index in [0.29, 0.717) is 11.8 Å². The average molecular weight is 741 g/mol. The van der Waals surface area contributed by atoms with Crippen LogP contribution in [0.3, 0.4) is 0 Å². The Hall–Kier alpha value is -3.30. The molecule has 4 aromatic rings.